The van der Waals surface area contributed by atoms with Crippen LogP contribution in [0.5, 0.6) is 5.75 Å². The molecule has 6 heteroatoms. The van der Waals surface area contributed by atoms with E-state index >= 15 is 0 Å². The molecule has 0 atom stereocenters. The number of carbonyl (C=O) groups is 1. The number of allylic oxidation sites excluding steroid dienone is 2. The fourth-order valence-electron chi connectivity index (χ4n) is 4.46. The Kier molecular flexibility index (Phi) is 8.71. The Morgan fingerprint density at radius 1 is 0.703 bits per heavy atom. The van der Waals surface area contributed by atoms with Gasteiger partial charge in [0.2, 0.25) is 0 Å². The molecule has 37 heavy (non-hydrogen) atoms. The van der Waals surface area contributed by atoms with Crippen LogP contribution in [0.4, 0.5) is 0 Å². The van der Waals surface area contributed by atoms with E-state index in [4.69, 9.17) is 4.89 Å². The number of hydrogen-bond donors (Lipinski definition) is 1. The van der Waals surface area contributed by atoms with Gasteiger partial charge in [-0.05, 0) is 65.0 Å². The topological polar surface area (TPSA) is 66.4 Å². The molecule has 0 heterocycles. The Labute approximate surface area is 233 Å². The van der Waals surface area contributed by atoms with Gasteiger partial charge in [0.05, 0.1) is 4.08 Å². The molecular weight excluding hydrogens is 500 g/mol. The van der Waals surface area contributed by atoms with Gasteiger partial charge < -0.3 is 5.11 Å². The second-order valence-electron chi connectivity index (χ2n) is 14.7. The Hall–Kier alpha value is -1.21. The molecule has 1 aromatic carbocycles. The van der Waals surface area contributed by atoms with Crippen molar-refractivity contribution in [2.24, 2.45) is 10.8 Å². The first-order chi connectivity index (χ1) is 16.3. The highest BCUT2D eigenvalue weighted by atomic mass is 32.2. The molecule has 0 spiro atoms. The van der Waals surface area contributed by atoms with Gasteiger partial charge >= 0.3 is 0 Å². The molecule has 1 radical (unpaired) electrons. The minimum Gasteiger partial charge on any atom is -0.507 e. The number of aromatic hydroxyl groups is 1. The fourth-order valence-corrected chi connectivity index (χ4v) is 7.38. The van der Waals surface area contributed by atoms with Crippen molar-refractivity contribution >= 4 is 29.3 Å². The predicted molar refractivity (Wildman–Crippen MR) is 158 cm³/mol. The minimum absolute atomic E-state index is 0.0260. The molecular formula is C31H47O4S2. The van der Waals surface area contributed by atoms with Crippen LogP contribution < -0.4 is 0 Å². The number of rotatable bonds is 5. The number of thioether (sulfide) groups is 2. The van der Waals surface area contributed by atoms with Crippen LogP contribution in [-0.2, 0) is 25.8 Å². The van der Waals surface area contributed by atoms with E-state index in [2.05, 4.69) is 67.5 Å². The number of carbonyl (C=O) groups excluding carboxylic acids is 1. The monoisotopic (exact) mass is 547 g/mol. The second kappa shape index (κ2) is 10.1. The van der Waals surface area contributed by atoms with E-state index in [0.717, 1.165) is 16.0 Å². The maximum Gasteiger partial charge on any atom is 0.191 e. The lowest BCUT2D eigenvalue weighted by molar-refractivity contribution is -0.324. The molecule has 4 nitrogen and oxygen atoms in total. The summed E-state index contributed by atoms with van der Waals surface area (Å²) in [5, 5.41) is 23.6. The standard InChI is InChI=1S/C31H47O4S2/c1-26(2,3)20-15-19(16-21(24(20)32)27(4,5)6)36-30(13,14)37-31(35-34)17-22(28(7,8)9)25(33)23(18-31)29(10,11)12/h15-18,32H,1-14H3. The molecule has 0 amide bonds. The zero-order chi connectivity index (χ0) is 29.0. The third-order valence-corrected chi connectivity index (χ3v) is 8.97. The van der Waals surface area contributed by atoms with Crippen molar-refractivity contribution in [3.8, 4) is 5.75 Å². The van der Waals surface area contributed by atoms with E-state index in [9.17, 15) is 15.2 Å². The smallest absolute Gasteiger partial charge is 0.191 e. The highest BCUT2D eigenvalue weighted by Crippen LogP contribution is 2.54. The third kappa shape index (κ3) is 7.46. The summed E-state index contributed by atoms with van der Waals surface area (Å²) in [7, 11) is 0. The van der Waals surface area contributed by atoms with Crippen molar-refractivity contribution < 1.29 is 20.0 Å². The summed E-state index contributed by atoms with van der Waals surface area (Å²) in [5.74, 6) is 0.317. The van der Waals surface area contributed by atoms with E-state index in [1.54, 1.807) is 23.9 Å². The summed E-state index contributed by atoms with van der Waals surface area (Å²) < 4.78 is -0.509. The van der Waals surface area contributed by atoms with Crippen molar-refractivity contribution in [1.29, 1.82) is 0 Å². The van der Waals surface area contributed by atoms with E-state index in [1.165, 1.54) is 11.8 Å². The first-order valence-corrected chi connectivity index (χ1v) is 14.6. The molecule has 1 aromatic rings. The SMILES string of the molecule is CC(C)(Sc1cc(C(C)(C)C)c(O)c(C(C)(C)C)c1)SC1(O[O])C=C(C(C)(C)C)C(=O)C(C(C)(C)C)=C1. The van der Waals surface area contributed by atoms with Crippen LogP contribution in [0.1, 0.15) is 108 Å². The Balaban J connectivity index is 2.63. The summed E-state index contributed by atoms with van der Waals surface area (Å²) in [6, 6.07) is 4.11. The van der Waals surface area contributed by atoms with Gasteiger partial charge in [0.25, 0.3) is 0 Å². The Bertz CT molecular complexity index is 1030. The average molecular weight is 548 g/mol. The second-order valence-corrected chi connectivity index (χ2v) is 18.5. The van der Waals surface area contributed by atoms with Crippen LogP contribution in [0.25, 0.3) is 0 Å². The number of benzene rings is 1. The zero-order valence-electron chi connectivity index (χ0n) is 25.3. The van der Waals surface area contributed by atoms with Gasteiger partial charge in [-0.25, -0.2) is 0 Å². The molecule has 0 saturated heterocycles. The van der Waals surface area contributed by atoms with Gasteiger partial charge in [-0.3, -0.25) is 4.79 Å². The summed E-state index contributed by atoms with van der Waals surface area (Å²) in [6.45, 7) is 28.6. The molecule has 2 rings (SSSR count). The van der Waals surface area contributed by atoms with Crippen LogP contribution in [0.2, 0.25) is 0 Å². The van der Waals surface area contributed by atoms with Crippen molar-refractivity contribution in [2.75, 3.05) is 0 Å². The van der Waals surface area contributed by atoms with Crippen molar-refractivity contribution in [3.63, 3.8) is 0 Å². The van der Waals surface area contributed by atoms with Gasteiger partial charge in [-0.2, -0.15) is 4.89 Å². The van der Waals surface area contributed by atoms with Gasteiger partial charge in [0.15, 0.2) is 10.7 Å². The van der Waals surface area contributed by atoms with Crippen molar-refractivity contribution in [2.45, 2.75) is 122 Å². The predicted octanol–water partition coefficient (Wildman–Crippen LogP) is 9.13. The molecule has 1 aliphatic rings. The number of phenolic OH excluding ortho intramolecular Hbond substituents is 1. The zero-order valence-corrected chi connectivity index (χ0v) is 26.9. The maximum absolute atomic E-state index is 13.4. The molecule has 1 aliphatic carbocycles. The van der Waals surface area contributed by atoms with Crippen LogP contribution in [0.15, 0.2) is 40.3 Å². The molecule has 0 unspecified atom stereocenters. The average Bonchev–Trinajstić information content (AvgIpc) is 2.66. The van der Waals surface area contributed by atoms with E-state index in [0.29, 0.717) is 16.9 Å². The summed E-state index contributed by atoms with van der Waals surface area (Å²) in [4.78, 5) is 18.1. The van der Waals surface area contributed by atoms with E-state index in [-0.39, 0.29) is 16.6 Å². The number of hydrogen-bond acceptors (Lipinski definition) is 5. The van der Waals surface area contributed by atoms with Crippen molar-refractivity contribution in [1.82, 2.24) is 0 Å². The van der Waals surface area contributed by atoms with Crippen LogP contribution in [0.3, 0.4) is 0 Å². The lowest BCUT2D eigenvalue weighted by Gasteiger charge is -2.39. The van der Waals surface area contributed by atoms with Gasteiger partial charge in [0.1, 0.15) is 5.75 Å². The molecule has 0 saturated carbocycles. The lowest BCUT2D eigenvalue weighted by atomic mass is 9.72. The molecule has 0 fully saturated rings. The summed E-state index contributed by atoms with van der Waals surface area (Å²) >= 11 is 3.03. The maximum atomic E-state index is 13.4. The minimum atomic E-state index is -1.33. The third-order valence-electron chi connectivity index (χ3n) is 6.39. The first kappa shape index (κ1) is 32.0. The van der Waals surface area contributed by atoms with Crippen LogP contribution >= 0.6 is 23.5 Å². The number of Topliss-reactive ketones (excluding diaryl/α,β-unsaturated/α-hetero) is 1. The Morgan fingerprint density at radius 2 is 1.08 bits per heavy atom. The van der Waals surface area contributed by atoms with Crippen molar-refractivity contribution in [3.05, 3.63) is 46.6 Å². The highest BCUT2D eigenvalue weighted by Gasteiger charge is 2.46. The lowest BCUT2D eigenvalue weighted by Crippen LogP contribution is -2.38. The number of ketones is 1. The molecule has 0 bridgehead atoms. The summed E-state index contributed by atoms with van der Waals surface area (Å²) in [6.07, 6.45) is 3.45. The van der Waals surface area contributed by atoms with E-state index < -0.39 is 19.8 Å². The first-order valence-electron chi connectivity index (χ1n) is 12.9. The Morgan fingerprint density at radius 3 is 1.38 bits per heavy atom. The van der Waals surface area contributed by atoms with Crippen LogP contribution in [-0.4, -0.2) is 19.9 Å². The molecule has 207 valence electrons. The van der Waals surface area contributed by atoms with Crippen LogP contribution in [0, 0.1) is 10.8 Å². The number of phenols is 1. The quantitative estimate of drug-likeness (QED) is 0.172. The fraction of sp³-hybridized carbons (Fsp3) is 0.645. The van der Waals surface area contributed by atoms with E-state index in [1.807, 2.05) is 41.5 Å². The largest absolute Gasteiger partial charge is 0.507 e. The molecule has 0 aliphatic heterocycles. The van der Waals surface area contributed by atoms with Gasteiger partial charge in [-0.15, -0.1) is 11.8 Å². The normalized spacial score (nSPS) is 17.5. The highest BCUT2D eigenvalue weighted by molar-refractivity contribution is 8.18. The summed E-state index contributed by atoms with van der Waals surface area (Å²) in [5.41, 5.74) is 1.62. The van der Waals surface area contributed by atoms with Gasteiger partial charge in [0, 0.05) is 27.2 Å². The molecule has 1 N–H and O–H groups in total. The molecule has 0 aromatic heterocycles. The van der Waals surface area contributed by atoms with Gasteiger partial charge in [-0.1, -0.05) is 94.8 Å².